The third kappa shape index (κ3) is 6.51. The number of hydrazine groups is 1. The molecule has 0 bridgehead atoms. The second kappa shape index (κ2) is 12.8. The molecule has 1 aliphatic carbocycles. The Kier molecular flexibility index (Phi) is 8.76. The summed E-state index contributed by atoms with van der Waals surface area (Å²) >= 11 is 0. The van der Waals surface area contributed by atoms with Crippen molar-refractivity contribution in [2.75, 3.05) is 38.2 Å². The highest BCUT2D eigenvalue weighted by atomic mass is 16.5. The summed E-state index contributed by atoms with van der Waals surface area (Å²) in [6.45, 7) is 4.40. The smallest absolute Gasteiger partial charge is 0.337 e. The predicted octanol–water partition coefficient (Wildman–Crippen LogP) is 4.67. The average molecular weight is 541 g/mol. The van der Waals surface area contributed by atoms with Crippen LogP contribution in [0.2, 0.25) is 0 Å². The van der Waals surface area contributed by atoms with Crippen LogP contribution in [0.1, 0.15) is 63.2 Å². The van der Waals surface area contributed by atoms with Gasteiger partial charge in [0.25, 0.3) is 11.8 Å². The Balaban J connectivity index is 1.11. The maximum absolute atomic E-state index is 12.6. The first kappa shape index (κ1) is 27.4. The summed E-state index contributed by atoms with van der Waals surface area (Å²) in [7, 11) is 1.29. The molecule has 3 aromatic rings. The molecule has 40 heavy (non-hydrogen) atoms. The van der Waals surface area contributed by atoms with E-state index in [4.69, 9.17) is 0 Å². The second-order valence-electron chi connectivity index (χ2n) is 10.4. The van der Waals surface area contributed by atoms with Crippen LogP contribution in [-0.2, 0) is 4.74 Å². The van der Waals surface area contributed by atoms with Crippen molar-refractivity contribution in [1.82, 2.24) is 15.8 Å². The summed E-state index contributed by atoms with van der Waals surface area (Å²) in [6.07, 6.45) is 6.87. The van der Waals surface area contributed by atoms with Gasteiger partial charge in [0, 0.05) is 49.0 Å². The molecule has 1 heterocycles. The largest absolute Gasteiger partial charge is 0.465 e. The van der Waals surface area contributed by atoms with E-state index in [0.717, 1.165) is 43.3 Å². The lowest BCUT2D eigenvalue weighted by Crippen LogP contribution is -2.50. The monoisotopic (exact) mass is 540 g/mol. The van der Waals surface area contributed by atoms with Crippen molar-refractivity contribution in [3.63, 3.8) is 0 Å². The zero-order chi connectivity index (χ0) is 27.9. The van der Waals surface area contributed by atoms with Gasteiger partial charge in [-0.25, -0.2) is 4.79 Å². The van der Waals surface area contributed by atoms with Gasteiger partial charge in [-0.2, -0.15) is 0 Å². The molecular weight excluding hydrogens is 504 g/mol. The topological polar surface area (TPSA) is 91.0 Å². The van der Waals surface area contributed by atoms with E-state index < -0.39 is 17.8 Å². The van der Waals surface area contributed by atoms with E-state index >= 15 is 0 Å². The third-order valence-electron chi connectivity index (χ3n) is 7.98. The maximum atomic E-state index is 12.6. The molecule has 2 aliphatic rings. The van der Waals surface area contributed by atoms with Crippen molar-refractivity contribution < 1.29 is 19.1 Å². The van der Waals surface area contributed by atoms with Gasteiger partial charge in [-0.05, 0) is 72.5 Å². The lowest BCUT2D eigenvalue weighted by atomic mass is 9.94. The first-order chi connectivity index (χ1) is 19.5. The first-order valence-electron chi connectivity index (χ1n) is 14.0. The predicted molar refractivity (Wildman–Crippen MR) is 155 cm³/mol. The number of hydrogen-bond donors (Lipinski definition) is 2. The fourth-order valence-corrected chi connectivity index (χ4v) is 5.60. The first-order valence-corrected chi connectivity index (χ1v) is 14.0. The van der Waals surface area contributed by atoms with Crippen LogP contribution in [0.15, 0.2) is 72.8 Å². The highest BCUT2D eigenvalue weighted by molar-refractivity contribution is 6.00. The number of esters is 1. The number of carbonyl (C=O) groups is 3. The Bertz CT molecular complexity index is 1310. The van der Waals surface area contributed by atoms with Crippen LogP contribution in [0.25, 0.3) is 11.1 Å². The summed E-state index contributed by atoms with van der Waals surface area (Å²) in [5.74, 6) is -1.39. The molecule has 5 rings (SSSR count). The van der Waals surface area contributed by atoms with E-state index in [-0.39, 0.29) is 0 Å². The molecule has 208 valence electrons. The quantitative estimate of drug-likeness (QED) is 0.349. The van der Waals surface area contributed by atoms with E-state index in [9.17, 15) is 14.4 Å². The molecule has 0 atom stereocenters. The van der Waals surface area contributed by atoms with Crippen molar-refractivity contribution in [1.29, 1.82) is 0 Å². The van der Waals surface area contributed by atoms with Crippen LogP contribution in [0.3, 0.4) is 0 Å². The summed E-state index contributed by atoms with van der Waals surface area (Å²) in [5.41, 5.74) is 9.25. The van der Waals surface area contributed by atoms with E-state index in [1.54, 1.807) is 12.1 Å². The third-order valence-corrected chi connectivity index (χ3v) is 7.98. The number of rotatable bonds is 6. The van der Waals surface area contributed by atoms with E-state index in [1.165, 1.54) is 69.2 Å². The summed E-state index contributed by atoms with van der Waals surface area (Å²) in [5, 5.41) is 0. The van der Waals surface area contributed by atoms with Crippen LogP contribution in [-0.4, -0.2) is 62.0 Å². The molecule has 1 saturated carbocycles. The van der Waals surface area contributed by atoms with Gasteiger partial charge in [-0.15, -0.1) is 0 Å². The standard InChI is InChI=1S/C32H36N4O4/c1-40-32(39)27-13-11-26(12-14-27)31(38)34-33-30(37)25-9-7-23(8-10-25)24-15-17-29(18-16-24)36-21-19-35(20-22-36)28-5-3-2-4-6-28/h7-18,28H,2-6,19-22H2,1H3,(H,33,37)(H,34,38). The molecule has 8 nitrogen and oxygen atoms in total. The normalized spacial score (nSPS) is 16.3. The number of hydrogen-bond acceptors (Lipinski definition) is 6. The van der Waals surface area contributed by atoms with Crippen molar-refractivity contribution in [2.24, 2.45) is 0 Å². The Hall–Kier alpha value is -4.17. The number of amides is 2. The van der Waals surface area contributed by atoms with Gasteiger partial charge in [-0.1, -0.05) is 43.5 Å². The number of nitrogens with one attached hydrogen (secondary N) is 2. The number of anilines is 1. The fourth-order valence-electron chi connectivity index (χ4n) is 5.60. The van der Waals surface area contributed by atoms with Crippen molar-refractivity contribution in [3.05, 3.63) is 89.5 Å². The highest BCUT2D eigenvalue weighted by Crippen LogP contribution is 2.27. The zero-order valence-corrected chi connectivity index (χ0v) is 22.9. The average Bonchev–Trinajstić information content (AvgIpc) is 3.04. The van der Waals surface area contributed by atoms with Gasteiger partial charge in [0.1, 0.15) is 0 Å². The van der Waals surface area contributed by atoms with Crippen LogP contribution < -0.4 is 15.8 Å². The fraction of sp³-hybridized carbons (Fsp3) is 0.344. The number of nitrogens with zero attached hydrogens (tertiary/aromatic N) is 2. The molecule has 2 amide bonds. The molecule has 8 heteroatoms. The number of ether oxygens (including phenoxy) is 1. The van der Waals surface area contributed by atoms with E-state index in [0.29, 0.717) is 16.7 Å². The number of piperazine rings is 1. The Labute approximate surface area is 235 Å². The van der Waals surface area contributed by atoms with Gasteiger partial charge >= 0.3 is 5.97 Å². The maximum Gasteiger partial charge on any atom is 0.337 e. The van der Waals surface area contributed by atoms with Crippen LogP contribution in [0.5, 0.6) is 0 Å². The van der Waals surface area contributed by atoms with Crippen LogP contribution in [0.4, 0.5) is 5.69 Å². The molecular formula is C32H36N4O4. The van der Waals surface area contributed by atoms with Crippen molar-refractivity contribution >= 4 is 23.5 Å². The summed E-state index contributed by atoms with van der Waals surface area (Å²) in [4.78, 5) is 41.6. The van der Waals surface area contributed by atoms with E-state index in [1.807, 2.05) is 12.1 Å². The van der Waals surface area contributed by atoms with Crippen molar-refractivity contribution in [2.45, 2.75) is 38.1 Å². The number of methoxy groups -OCH3 is 1. The molecule has 0 aromatic heterocycles. The van der Waals surface area contributed by atoms with Crippen molar-refractivity contribution in [3.8, 4) is 11.1 Å². The summed E-state index contributed by atoms with van der Waals surface area (Å²) in [6, 6.07) is 22.6. The van der Waals surface area contributed by atoms with E-state index in [2.05, 4.69) is 49.7 Å². The molecule has 0 radical (unpaired) electrons. The second-order valence-corrected chi connectivity index (χ2v) is 10.4. The molecule has 2 fully saturated rings. The van der Waals surface area contributed by atoms with Gasteiger partial charge in [0.2, 0.25) is 0 Å². The Morgan fingerprint density at radius 3 is 1.65 bits per heavy atom. The van der Waals surface area contributed by atoms with Crippen LogP contribution >= 0.6 is 0 Å². The van der Waals surface area contributed by atoms with Gasteiger partial charge in [0.15, 0.2) is 0 Å². The van der Waals surface area contributed by atoms with Crippen LogP contribution in [0, 0.1) is 0 Å². The summed E-state index contributed by atoms with van der Waals surface area (Å²) < 4.78 is 4.65. The minimum atomic E-state index is -0.489. The Morgan fingerprint density at radius 2 is 1.12 bits per heavy atom. The molecule has 0 unspecified atom stereocenters. The van der Waals surface area contributed by atoms with Gasteiger partial charge < -0.3 is 9.64 Å². The lowest BCUT2D eigenvalue weighted by Gasteiger charge is -2.41. The Morgan fingerprint density at radius 1 is 0.650 bits per heavy atom. The SMILES string of the molecule is COC(=O)c1ccc(C(=O)NNC(=O)c2ccc(-c3ccc(N4CCN(C5CCCCC5)CC4)cc3)cc2)cc1. The molecule has 1 aliphatic heterocycles. The molecule has 3 aromatic carbocycles. The minimum absolute atomic E-state index is 0.304. The minimum Gasteiger partial charge on any atom is -0.465 e. The molecule has 2 N–H and O–H groups in total. The van der Waals surface area contributed by atoms with Gasteiger partial charge in [-0.3, -0.25) is 25.3 Å². The molecule has 1 saturated heterocycles. The zero-order valence-electron chi connectivity index (χ0n) is 22.9. The lowest BCUT2D eigenvalue weighted by molar-refractivity contribution is 0.0600. The molecule has 0 spiro atoms. The number of benzene rings is 3. The highest BCUT2D eigenvalue weighted by Gasteiger charge is 2.25. The number of carbonyl (C=O) groups excluding carboxylic acids is 3. The van der Waals surface area contributed by atoms with Gasteiger partial charge in [0.05, 0.1) is 12.7 Å².